The molecule has 3 aromatic rings. The molecule has 0 aliphatic rings. The van der Waals surface area contributed by atoms with E-state index in [0.717, 1.165) is 22.3 Å². The quantitative estimate of drug-likeness (QED) is 0.763. The predicted octanol–water partition coefficient (Wildman–Crippen LogP) is 3.43. The molecule has 1 aromatic heterocycles. The molecule has 2 N–H and O–H groups in total. The average Bonchev–Trinajstić information content (AvgIpc) is 2.91. The minimum Gasteiger partial charge on any atom is -0.497 e. The Balaban J connectivity index is 1.95. The SMILES string of the molecule is COc1ccc2[nH]cc(C(=O)Nc3ccccc3)c2c1. The Morgan fingerprint density at radius 2 is 1.95 bits per heavy atom. The molecule has 0 bridgehead atoms. The molecule has 2 aromatic carbocycles. The second-order valence-electron chi connectivity index (χ2n) is 4.43. The molecule has 0 saturated carbocycles. The first-order chi connectivity index (χ1) is 9.78. The Morgan fingerprint density at radius 3 is 2.70 bits per heavy atom. The number of methoxy groups -OCH3 is 1. The molecule has 4 heteroatoms. The number of aromatic amines is 1. The number of ether oxygens (including phenoxy) is 1. The van der Waals surface area contributed by atoms with Crippen molar-refractivity contribution >= 4 is 22.5 Å². The normalized spacial score (nSPS) is 10.4. The summed E-state index contributed by atoms with van der Waals surface area (Å²) in [5, 5.41) is 3.72. The lowest BCUT2D eigenvalue weighted by Crippen LogP contribution is -2.11. The first-order valence-electron chi connectivity index (χ1n) is 6.29. The zero-order chi connectivity index (χ0) is 13.9. The highest BCUT2D eigenvalue weighted by molar-refractivity contribution is 6.13. The lowest BCUT2D eigenvalue weighted by Gasteiger charge is -2.04. The maximum absolute atomic E-state index is 12.3. The zero-order valence-electron chi connectivity index (χ0n) is 11.0. The average molecular weight is 266 g/mol. The minimum absolute atomic E-state index is 0.143. The molecule has 0 aliphatic heterocycles. The van der Waals surface area contributed by atoms with Crippen LogP contribution >= 0.6 is 0 Å². The molecule has 0 fully saturated rings. The number of fused-ring (bicyclic) bond motifs is 1. The fourth-order valence-corrected chi connectivity index (χ4v) is 2.13. The summed E-state index contributed by atoms with van der Waals surface area (Å²) < 4.78 is 5.20. The van der Waals surface area contributed by atoms with Crippen molar-refractivity contribution in [2.24, 2.45) is 0 Å². The van der Waals surface area contributed by atoms with E-state index in [1.807, 2.05) is 48.5 Å². The molecule has 0 atom stereocenters. The predicted molar refractivity (Wildman–Crippen MR) is 79.2 cm³/mol. The number of benzene rings is 2. The van der Waals surface area contributed by atoms with Gasteiger partial charge >= 0.3 is 0 Å². The number of nitrogens with one attached hydrogen (secondary N) is 2. The smallest absolute Gasteiger partial charge is 0.257 e. The van der Waals surface area contributed by atoms with Gasteiger partial charge < -0.3 is 15.0 Å². The number of carbonyl (C=O) groups is 1. The van der Waals surface area contributed by atoms with Crippen LogP contribution in [0.25, 0.3) is 10.9 Å². The van der Waals surface area contributed by atoms with Crippen molar-refractivity contribution in [3.8, 4) is 5.75 Å². The number of hydrogen-bond acceptors (Lipinski definition) is 2. The monoisotopic (exact) mass is 266 g/mol. The van der Waals surface area contributed by atoms with E-state index >= 15 is 0 Å². The number of para-hydroxylation sites is 1. The standard InChI is InChI=1S/C16H14N2O2/c1-20-12-7-8-15-13(9-12)14(10-17-15)16(19)18-11-5-3-2-4-6-11/h2-10,17H,1H3,(H,18,19). The van der Waals surface area contributed by atoms with E-state index < -0.39 is 0 Å². The summed E-state index contributed by atoms with van der Waals surface area (Å²) in [5.41, 5.74) is 2.28. The van der Waals surface area contributed by atoms with E-state index in [0.29, 0.717) is 5.56 Å². The molecule has 20 heavy (non-hydrogen) atoms. The topological polar surface area (TPSA) is 54.1 Å². The van der Waals surface area contributed by atoms with Gasteiger partial charge in [-0.05, 0) is 30.3 Å². The van der Waals surface area contributed by atoms with Gasteiger partial charge in [-0.3, -0.25) is 4.79 Å². The molecule has 1 amide bonds. The molecule has 0 radical (unpaired) electrons. The summed E-state index contributed by atoms with van der Waals surface area (Å²) >= 11 is 0. The number of aromatic nitrogens is 1. The largest absolute Gasteiger partial charge is 0.497 e. The van der Waals surface area contributed by atoms with E-state index in [1.165, 1.54) is 0 Å². The molecule has 3 rings (SSSR count). The molecular formula is C16H14N2O2. The first kappa shape index (κ1) is 12.3. The fourth-order valence-electron chi connectivity index (χ4n) is 2.13. The lowest BCUT2D eigenvalue weighted by atomic mass is 10.1. The van der Waals surface area contributed by atoms with Crippen LogP contribution < -0.4 is 10.1 Å². The fraction of sp³-hybridized carbons (Fsp3) is 0.0625. The summed E-state index contributed by atoms with van der Waals surface area (Å²) in [6, 6.07) is 15.0. The number of rotatable bonds is 3. The van der Waals surface area contributed by atoms with Crippen LogP contribution in [0.3, 0.4) is 0 Å². The second kappa shape index (κ2) is 5.09. The van der Waals surface area contributed by atoms with Crippen molar-refractivity contribution in [1.29, 1.82) is 0 Å². The van der Waals surface area contributed by atoms with E-state index in [9.17, 15) is 4.79 Å². The highest BCUT2D eigenvalue weighted by Gasteiger charge is 2.12. The molecule has 0 saturated heterocycles. The molecule has 4 nitrogen and oxygen atoms in total. The summed E-state index contributed by atoms with van der Waals surface area (Å²) in [6.45, 7) is 0. The van der Waals surface area contributed by atoms with E-state index in [2.05, 4.69) is 10.3 Å². The maximum atomic E-state index is 12.3. The molecule has 0 spiro atoms. The first-order valence-corrected chi connectivity index (χ1v) is 6.29. The van der Waals surface area contributed by atoms with Crippen LogP contribution in [-0.2, 0) is 0 Å². The number of carbonyl (C=O) groups excluding carboxylic acids is 1. The van der Waals surface area contributed by atoms with Crippen LogP contribution in [0, 0.1) is 0 Å². The van der Waals surface area contributed by atoms with Crippen molar-refractivity contribution in [3.05, 3.63) is 60.3 Å². The molecule has 100 valence electrons. The third kappa shape index (κ3) is 2.23. The Morgan fingerprint density at radius 1 is 1.15 bits per heavy atom. The Labute approximate surface area is 116 Å². The van der Waals surface area contributed by atoms with Gasteiger partial charge in [0.1, 0.15) is 5.75 Å². The van der Waals surface area contributed by atoms with Crippen LogP contribution in [0.2, 0.25) is 0 Å². The van der Waals surface area contributed by atoms with Gasteiger partial charge in [0.05, 0.1) is 12.7 Å². The van der Waals surface area contributed by atoms with Gasteiger partial charge in [-0.25, -0.2) is 0 Å². The minimum atomic E-state index is -0.143. The van der Waals surface area contributed by atoms with E-state index in [1.54, 1.807) is 13.3 Å². The Kier molecular flexibility index (Phi) is 3.13. The van der Waals surface area contributed by atoms with Crippen LogP contribution in [0.15, 0.2) is 54.7 Å². The van der Waals surface area contributed by atoms with Crippen molar-refractivity contribution < 1.29 is 9.53 Å². The number of hydrogen-bond donors (Lipinski definition) is 2. The summed E-state index contributed by atoms with van der Waals surface area (Å²) in [6.07, 6.45) is 1.71. The van der Waals surface area contributed by atoms with Gasteiger partial charge in [0.15, 0.2) is 0 Å². The number of amides is 1. The van der Waals surface area contributed by atoms with Gasteiger partial charge in [0.2, 0.25) is 0 Å². The summed E-state index contributed by atoms with van der Waals surface area (Å²) in [4.78, 5) is 15.4. The van der Waals surface area contributed by atoms with Crippen LogP contribution in [0.1, 0.15) is 10.4 Å². The maximum Gasteiger partial charge on any atom is 0.257 e. The van der Waals surface area contributed by atoms with Crippen LogP contribution in [-0.4, -0.2) is 18.0 Å². The second-order valence-corrected chi connectivity index (χ2v) is 4.43. The molecule has 1 heterocycles. The van der Waals surface area contributed by atoms with Crippen molar-refractivity contribution in [2.45, 2.75) is 0 Å². The summed E-state index contributed by atoms with van der Waals surface area (Å²) in [7, 11) is 1.61. The summed E-state index contributed by atoms with van der Waals surface area (Å²) in [5.74, 6) is 0.585. The van der Waals surface area contributed by atoms with Gasteiger partial charge in [0.25, 0.3) is 5.91 Å². The van der Waals surface area contributed by atoms with Gasteiger partial charge in [-0.15, -0.1) is 0 Å². The third-order valence-corrected chi connectivity index (χ3v) is 3.17. The molecular weight excluding hydrogens is 252 g/mol. The highest BCUT2D eigenvalue weighted by atomic mass is 16.5. The molecule has 0 unspecified atom stereocenters. The van der Waals surface area contributed by atoms with E-state index in [4.69, 9.17) is 4.74 Å². The number of H-pyrrole nitrogens is 1. The van der Waals surface area contributed by atoms with E-state index in [-0.39, 0.29) is 5.91 Å². The van der Waals surface area contributed by atoms with Crippen LogP contribution in [0.4, 0.5) is 5.69 Å². The zero-order valence-corrected chi connectivity index (χ0v) is 11.0. The van der Waals surface area contributed by atoms with Crippen molar-refractivity contribution in [1.82, 2.24) is 4.98 Å². The Hall–Kier alpha value is -2.75. The Bertz CT molecular complexity index is 748. The third-order valence-electron chi connectivity index (χ3n) is 3.17. The molecule has 0 aliphatic carbocycles. The van der Waals surface area contributed by atoms with Gasteiger partial charge in [-0.2, -0.15) is 0 Å². The van der Waals surface area contributed by atoms with Crippen LogP contribution in [0.5, 0.6) is 5.75 Å². The van der Waals surface area contributed by atoms with Crippen molar-refractivity contribution in [2.75, 3.05) is 12.4 Å². The number of anilines is 1. The lowest BCUT2D eigenvalue weighted by molar-refractivity contribution is 0.102. The highest BCUT2D eigenvalue weighted by Crippen LogP contribution is 2.24. The van der Waals surface area contributed by atoms with Gasteiger partial charge in [-0.1, -0.05) is 18.2 Å². The van der Waals surface area contributed by atoms with Crippen molar-refractivity contribution in [3.63, 3.8) is 0 Å². The van der Waals surface area contributed by atoms with Gasteiger partial charge in [0, 0.05) is 22.8 Å².